The van der Waals surface area contributed by atoms with Gasteiger partial charge in [0.1, 0.15) is 6.10 Å². The molecule has 0 spiro atoms. The number of esters is 2. The summed E-state index contributed by atoms with van der Waals surface area (Å²) in [5.74, 6) is -0.506. The first-order chi connectivity index (χ1) is 8.63. The van der Waals surface area contributed by atoms with Gasteiger partial charge in [-0.15, -0.1) is 0 Å². The first-order valence-corrected chi connectivity index (χ1v) is 8.07. The van der Waals surface area contributed by atoms with Crippen LogP contribution >= 0.6 is 22.6 Å². The number of unbranched alkanes of at least 4 members (excludes halogenated alkanes) is 2. The molecule has 18 heavy (non-hydrogen) atoms. The monoisotopic (exact) mass is 370 g/mol. The first-order valence-electron chi connectivity index (χ1n) is 6.55. The van der Waals surface area contributed by atoms with Crippen molar-refractivity contribution in [2.24, 2.45) is 0 Å². The molecule has 0 aliphatic carbocycles. The lowest BCUT2D eigenvalue weighted by molar-refractivity contribution is -0.153. The minimum Gasteiger partial charge on any atom is -0.466 e. The molecular formula is C13H23IO4. The van der Waals surface area contributed by atoms with E-state index < -0.39 is 0 Å². The number of rotatable bonds is 10. The molecule has 5 heteroatoms. The largest absolute Gasteiger partial charge is 0.466 e. The summed E-state index contributed by atoms with van der Waals surface area (Å²) in [6.45, 7) is 4.51. The molecule has 4 nitrogen and oxygen atoms in total. The summed E-state index contributed by atoms with van der Waals surface area (Å²) in [7, 11) is 0. The Morgan fingerprint density at radius 1 is 1.11 bits per heavy atom. The van der Waals surface area contributed by atoms with Crippen LogP contribution in [0.5, 0.6) is 0 Å². The minimum absolute atomic E-state index is 0.157. The highest BCUT2D eigenvalue weighted by Gasteiger charge is 2.17. The summed E-state index contributed by atoms with van der Waals surface area (Å²) in [6, 6.07) is 0. The van der Waals surface area contributed by atoms with E-state index in [1.54, 1.807) is 0 Å². The Morgan fingerprint density at radius 3 is 2.33 bits per heavy atom. The van der Waals surface area contributed by atoms with Gasteiger partial charge in [-0.2, -0.15) is 0 Å². The van der Waals surface area contributed by atoms with Gasteiger partial charge in [-0.05, 0) is 12.8 Å². The third kappa shape index (κ3) is 9.67. The van der Waals surface area contributed by atoms with E-state index in [4.69, 9.17) is 9.47 Å². The Kier molecular flexibility index (Phi) is 11.5. The standard InChI is InChI=1S/C13H23IO4/c1-3-5-7-12(15)18-11(10-14)9-13(16)17-8-6-4-2/h11H,3-10H2,1-2H3. The predicted molar refractivity (Wildman–Crippen MR) is 78.8 cm³/mol. The highest BCUT2D eigenvalue weighted by Crippen LogP contribution is 2.08. The number of hydrogen-bond donors (Lipinski definition) is 0. The second-order valence-corrected chi connectivity index (χ2v) is 5.03. The normalized spacial score (nSPS) is 11.9. The molecule has 0 fully saturated rings. The van der Waals surface area contributed by atoms with Crippen LogP contribution in [-0.2, 0) is 19.1 Å². The number of hydrogen-bond acceptors (Lipinski definition) is 4. The average molecular weight is 370 g/mol. The fourth-order valence-corrected chi connectivity index (χ4v) is 1.76. The first kappa shape index (κ1) is 17.7. The molecule has 0 aromatic carbocycles. The van der Waals surface area contributed by atoms with Gasteiger partial charge in [0, 0.05) is 10.8 Å². The second kappa shape index (κ2) is 11.7. The zero-order chi connectivity index (χ0) is 13.8. The molecule has 0 saturated carbocycles. The van der Waals surface area contributed by atoms with Gasteiger partial charge in [0.05, 0.1) is 13.0 Å². The molecule has 0 aliphatic rings. The van der Waals surface area contributed by atoms with Crippen LogP contribution in [0.15, 0.2) is 0 Å². The highest BCUT2D eigenvalue weighted by atomic mass is 127. The van der Waals surface area contributed by atoms with E-state index in [-0.39, 0.29) is 24.5 Å². The molecule has 1 unspecified atom stereocenters. The number of carbonyl (C=O) groups is 2. The van der Waals surface area contributed by atoms with E-state index in [2.05, 4.69) is 22.6 Å². The maximum absolute atomic E-state index is 11.5. The molecule has 0 aromatic heterocycles. The Labute approximate surface area is 123 Å². The SMILES string of the molecule is CCCCOC(=O)CC(CI)OC(=O)CCCC. The van der Waals surface area contributed by atoms with E-state index >= 15 is 0 Å². The minimum atomic E-state index is -0.357. The van der Waals surface area contributed by atoms with Crippen LogP contribution in [0, 0.1) is 0 Å². The Balaban J connectivity index is 3.87. The van der Waals surface area contributed by atoms with E-state index in [0.717, 1.165) is 25.7 Å². The van der Waals surface area contributed by atoms with Gasteiger partial charge in [0.25, 0.3) is 0 Å². The van der Waals surface area contributed by atoms with Gasteiger partial charge >= 0.3 is 11.9 Å². The van der Waals surface area contributed by atoms with Crippen molar-refractivity contribution in [2.75, 3.05) is 11.0 Å². The molecule has 0 aliphatic heterocycles. The summed E-state index contributed by atoms with van der Waals surface area (Å²) in [5.41, 5.74) is 0. The van der Waals surface area contributed by atoms with Crippen LogP contribution in [0.4, 0.5) is 0 Å². The van der Waals surface area contributed by atoms with Crippen LogP contribution in [0.25, 0.3) is 0 Å². The summed E-state index contributed by atoms with van der Waals surface area (Å²) in [4.78, 5) is 22.9. The van der Waals surface area contributed by atoms with Crippen LogP contribution in [-0.4, -0.2) is 29.1 Å². The van der Waals surface area contributed by atoms with E-state index in [0.29, 0.717) is 17.5 Å². The molecule has 0 amide bonds. The quantitative estimate of drug-likeness (QED) is 0.256. The highest BCUT2D eigenvalue weighted by molar-refractivity contribution is 14.1. The van der Waals surface area contributed by atoms with Crippen LogP contribution in [0.2, 0.25) is 0 Å². The topological polar surface area (TPSA) is 52.6 Å². The molecule has 1 atom stereocenters. The van der Waals surface area contributed by atoms with Gasteiger partial charge < -0.3 is 9.47 Å². The van der Waals surface area contributed by atoms with Gasteiger partial charge in [-0.1, -0.05) is 49.3 Å². The van der Waals surface area contributed by atoms with Crippen molar-refractivity contribution in [3.8, 4) is 0 Å². The zero-order valence-electron chi connectivity index (χ0n) is 11.2. The Hall–Kier alpha value is -0.330. The second-order valence-electron chi connectivity index (χ2n) is 4.15. The maximum Gasteiger partial charge on any atom is 0.309 e. The lowest BCUT2D eigenvalue weighted by Gasteiger charge is -2.14. The Morgan fingerprint density at radius 2 is 1.78 bits per heavy atom. The fraction of sp³-hybridized carbons (Fsp3) is 0.846. The van der Waals surface area contributed by atoms with Crippen molar-refractivity contribution >= 4 is 34.5 Å². The molecule has 0 saturated heterocycles. The van der Waals surface area contributed by atoms with Crippen molar-refractivity contribution in [3.63, 3.8) is 0 Å². The van der Waals surface area contributed by atoms with Crippen molar-refractivity contribution in [2.45, 2.75) is 58.5 Å². The summed E-state index contributed by atoms with van der Waals surface area (Å²) >= 11 is 2.11. The molecule has 0 N–H and O–H groups in total. The average Bonchev–Trinajstić information content (AvgIpc) is 2.35. The van der Waals surface area contributed by atoms with Crippen molar-refractivity contribution < 1.29 is 19.1 Å². The lowest BCUT2D eigenvalue weighted by Crippen LogP contribution is -2.24. The smallest absolute Gasteiger partial charge is 0.309 e. The van der Waals surface area contributed by atoms with Gasteiger partial charge in [-0.25, -0.2) is 0 Å². The number of carbonyl (C=O) groups excluding carboxylic acids is 2. The number of ether oxygens (including phenoxy) is 2. The number of alkyl halides is 1. The molecule has 0 radical (unpaired) electrons. The predicted octanol–water partition coefficient (Wildman–Crippen LogP) is 3.26. The van der Waals surface area contributed by atoms with E-state index in [9.17, 15) is 9.59 Å². The van der Waals surface area contributed by atoms with Crippen LogP contribution in [0.1, 0.15) is 52.4 Å². The Bertz CT molecular complexity index is 243. The van der Waals surface area contributed by atoms with Crippen LogP contribution < -0.4 is 0 Å². The molecule has 0 heterocycles. The molecular weight excluding hydrogens is 347 g/mol. The summed E-state index contributed by atoms with van der Waals surface area (Å²) < 4.78 is 10.9. The van der Waals surface area contributed by atoms with Crippen LogP contribution in [0.3, 0.4) is 0 Å². The number of halogens is 1. The van der Waals surface area contributed by atoms with Crippen molar-refractivity contribution in [3.05, 3.63) is 0 Å². The van der Waals surface area contributed by atoms with Gasteiger partial charge in [0.15, 0.2) is 0 Å². The van der Waals surface area contributed by atoms with Crippen molar-refractivity contribution in [1.82, 2.24) is 0 Å². The van der Waals surface area contributed by atoms with E-state index in [1.165, 1.54) is 0 Å². The summed E-state index contributed by atoms with van der Waals surface area (Å²) in [5, 5.41) is 0. The zero-order valence-corrected chi connectivity index (χ0v) is 13.4. The van der Waals surface area contributed by atoms with Gasteiger partial charge in [-0.3, -0.25) is 9.59 Å². The molecule has 0 bridgehead atoms. The van der Waals surface area contributed by atoms with Gasteiger partial charge in [0.2, 0.25) is 0 Å². The maximum atomic E-state index is 11.5. The lowest BCUT2D eigenvalue weighted by atomic mass is 10.2. The van der Waals surface area contributed by atoms with E-state index in [1.807, 2.05) is 13.8 Å². The van der Waals surface area contributed by atoms with Crippen molar-refractivity contribution in [1.29, 1.82) is 0 Å². The molecule has 106 valence electrons. The molecule has 0 rings (SSSR count). The third-order valence-electron chi connectivity index (χ3n) is 2.36. The fourth-order valence-electron chi connectivity index (χ4n) is 1.27. The summed E-state index contributed by atoms with van der Waals surface area (Å²) in [6.07, 6.45) is 3.88. The molecule has 0 aromatic rings. The third-order valence-corrected chi connectivity index (χ3v) is 3.34.